The lowest BCUT2D eigenvalue weighted by atomic mass is 10.1. The molecule has 0 spiro atoms. The van der Waals surface area contributed by atoms with E-state index in [2.05, 4.69) is 5.32 Å². The molecule has 1 fully saturated rings. The molecule has 0 bridgehead atoms. The van der Waals surface area contributed by atoms with Crippen molar-refractivity contribution in [3.8, 4) is 0 Å². The Bertz CT molecular complexity index is 902. The van der Waals surface area contributed by atoms with Crippen LogP contribution in [0.15, 0.2) is 54.6 Å². The van der Waals surface area contributed by atoms with Gasteiger partial charge in [-0.05, 0) is 42.5 Å². The zero-order valence-electron chi connectivity index (χ0n) is 17.7. The fourth-order valence-corrected chi connectivity index (χ4v) is 3.76. The third kappa shape index (κ3) is 5.90. The smallest absolute Gasteiger partial charge is 0.312 e. The third-order valence-electron chi connectivity index (χ3n) is 5.48. The van der Waals surface area contributed by atoms with Crippen LogP contribution in [0, 0.1) is 5.82 Å². The SMILES string of the molecule is CCC(C(=O)NCCCc1ccccc1)N1CCN(Cc2ccc(F)cc2)C(=O)C1=O. The Morgan fingerprint density at radius 3 is 2.39 bits per heavy atom. The minimum Gasteiger partial charge on any atom is -0.354 e. The van der Waals surface area contributed by atoms with Crippen molar-refractivity contribution in [1.82, 2.24) is 15.1 Å². The van der Waals surface area contributed by atoms with E-state index in [0.29, 0.717) is 26.1 Å². The number of halogens is 1. The van der Waals surface area contributed by atoms with Gasteiger partial charge in [-0.2, -0.15) is 0 Å². The molecule has 3 rings (SSSR count). The maximum Gasteiger partial charge on any atom is 0.312 e. The number of nitrogens with one attached hydrogen (secondary N) is 1. The standard InChI is InChI=1S/C24H28FN3O3/c1-2-21(22(29)26-14-6-9-18-7-4-3-5-8-18)28-16-15-27(23(30)24(28)31)17-19-10-12-20(25)13-11-19/h3-5,7-8,10-13,21H,2,6,9,14-17H2,1H3,(H,26,29). The van der Waals surface area contributed by atoms with Crippen molar-refractivity contribution < 1.29 is 18.8 Å². The van der Waals surface area contributed by atoms with E-state index in [0.717, 1.165) is 18.4 Å². The fourth-order valence-electron chi connectivity index (χ4n) is 3.76. The van der Waals surface area contributed by atoms with Crippen LogP contribution in [0.3, 0.4) is 0 Å². The van der Waals surface area contributed by atoms with Gasteiger partial charge in [0.25, 0.3) is 0 Å². The minimum atomic E-state index is -0.667. The van der Waals surface area contributed by atoms with E-state index in [9.17, 15) is 18.8 Å². The molecule has 164 valence electrons. The van der Waals surface area contributed by atoms with E-state index in [4.69, 9.17) is 0 Å². The summed E-state index contributed by atoms with van der Waals surface area (Å²) in [6.07, 6.45) is 2.09. The highest BCUT2D eigenvalue weighted by Gasteiger charge is 2.38. The predicted molar refractivity (Wildman–Crippen MR) is 115 cm³/mol. The fraction of sp³-hybridized carbons (Fsp3) is 0.375. The zero-order valence-corrected chi connectivity index (χ0v) is 17.7. The lowest BCUT2D eigenvalue weighted by Crippen LogP contribution is -2.60. The summed E-state index contributed by atoms with van der Waals surface area (Å²) in [5, 5.41) is 2.90. The molecule has 2 aromatic carbocycles. The number of nitrogens with zero attached hydrogens (tertiary/aromatic N) is 2. The maximum atomic E-state index is 13.1. The number of amides is 3. The third-order valence-corrected chi connectivity index (χ3v) is 5.48. The number of hydrogen-bond acceptors (Lipinski definition) is 3. The molecule has 1 heterocycles. The van der Waals surface area contributed by atoms with Crippen LogP contribution in [-0.2, 0) is 27.3 Å². The van der Waals surface area contributed by atoms with E-state index in [1.165, 1.54) is 27.5 Å². The first-order valence-corrected chi connectivity index (χ1v) is 10.7. The van der Waals surface area contributed by atoms with E-state index >= 15 is 0 Å². The molecular weight excluding hydrogens is 397 g/mol. The lowest BCUT2D eigenvalue weighted by Gasteiger charge is -2.37. The Hall–Kier alpha value is -3.22. The van der Waals surface area contributed by atoms with Crippen molar-refractivity contribution in [1.29, 1.82) is 0 Å². The summed E-state index contributed by atoms with van der Waals surface area (Å²) in [4.78, 5) is 40.8. The molecule has 1 N–H and O–H groups in total. The van der Waals surface area contributed by atoms with Crippen LogP contribution < -0.4 is 5.32 Å². The van der Waals surface area contributed by atoms with E-state index < -0.39 is 17.9 Å². The second kappa shape index (κ2) is 10.7. The van der Waals surface area contributed by atoms with Gasteiger partial charge in [0.05, 0.1) is 0 Å². The van der Waals surface area contributed by atoms with E-state index in [1.807, 2.05) is 37.3 Å². The highest BCUT2D eigenvalue weighted by atomic mass is 19.1. The Balaban J connectivity index is 1.51. The van der Waals surface area contributed by atoms with E-state index in [-0.39, 0.29) is 18.3 Å². The van der Waals surface area contributed by atoms with Crippen molar-refractivity contribution in [2.24, 2.45) is 0 Å². The molecule has 1 saturated heterocycles. The molecule has 0 saturated carbocycles. The van der Waals surface area contributed by atoms with Gasteiger partial charge in [0.2, 0.25) is 5.91 Å². The summed E-state index contributed by atoms with van der Waals surface area (Å²) >= 11 is 0. The average Bonchev–Trinajstić information content (AvgIpc) is 2.78. The highest BCUT2D eigenvalue weighted by Crippen LogP contribution is 2.15. The summed E-state index contributed by atoms with van der Waals surface area (Å²) in [5.41, 5.74) is 1.96. The summed E-state index contributed by atoms with van der Waals surface area (Å²) in [5.74, 6) is -1.88. The normalized spacial score (nSPS) is 15.2. The van der Waals surface area contributed by atoms with Crippen molar-refractivity contribution in [3.63, 3.8) is 0 Å². The molecule has 6 nitrogen and oxygen atoms in total. The largest absolute Gasteiger partial charge is 0.354 e. The topological polar surface area (TPSA) is 69.7 Å². The van der Waals surface area contributed by atoms with Crippen LogP contribution in [-0.4, -0.2) is 53.2 Å². The van der Waals surface area contributed by atoms with Crippen LogP contribution >= 0.6 is 0 Å². The van der Waals surface area contributed by atoms with Gasteiger partial charge in [0.1, 0.15) is 11.9 Å². The van der Waals surface area contributed by atoms with Crippen molar-refractivity contribution >= 4 is 17.7 Å². The number of aryl methyl sites for hydroxylation is 1. The molecule has 1 aliphatic rings. The molecule has 1 unspecified atom stereocenters. The molecule has 0 aliphatic carbocycles. The highest BCUT2D eigenvalue weighted by molar-refractivity contribution is 6.35. The van der Waals surface area contributed by atoms with Crippen LogP contribution in [0.25, 0.3) is 0 Å². The molecule has 7 heteroatoms. The Labute approximate surface area is 182 Å². The zero-order chi connectivity index (χ0) is 22.2. The van der Waals surface area contributed by atoms with Gasteiger partial charge in [-0.15, -0.1) is 0 Å². The number of carbonyl (C=O) groups is 3. The second-order valence-corrected chi connectivity index (χ2v) is 7.66. The van der Waals surface area contributed by atoms with Crippen LogP contribution in [0.2, 0.25) is 0 Å². The second-order valence-electron chi connectivity index (χ2n) is 7.66. The first-order valence-electron chi connectivity index (χ1n) is 10.7. The van der Waals surface area contributed by atoms with E-state index in [1.54, 1.807) is 12.1 Å². The van der Waals surface area contributed by atoms with Gasteiger partial charge in [-0.3, -0.25) is 14.4 Å². The van der Waals surface area contributed by atoms with Gasteiger partial charge in [0, 0.05) is 26.2 Å². The summed E-state index contributed by atoms with van der Waals surface area (Å²) in [7, 11) is 0. The monoisotopic (exact) mass is 425 g/mol. The lowest BCUT2D eigenvalue weighted by molar-refractivity contribution is -0.159. The van der Waals surface area contributed by atoms with Gasteiger partial charge in [-0.1, -0.05) is 49.4 Å². The van der Waals surface area contributed by atoms with Crippen LogP contribution in [0.4, 0.5) is 4.39 Å². The molecule has 31 heavy (non-hydrogen) atoms. The number of rotatable bonds is 9. The van der Waals surface area contributed by atoms with Crippen LogP contribution in [0.5, 0.6) is 0 Å². The first-order chi connectivity index (χ1) is 15.0. The van der Waals surface area contributed by atoms with Gasteiger partial charge < -0.3 is 15.1 Å². The Morgan fingerprint density at radius 2 is 1.71 bits per heavy atom. The maximum absolute atomic E-state index is 13.1. The quantitative estimate of drug-likeness (QED) is 0.496. The van der Waals surface area contributed by atoms with Gasteiger partial charge >= 0.3 is 11.8 Å². The molecule has 1 atom stereocenters. The Morgan fingerprint density at radius 1 is 1.00 bits per heavy atom. The summed E-state index contributed by atoms with van der Waals surface area (Å²) in [6, 6.07) is 15.2. The number of hydrogen-bond donors (Lipinski definition) is 1. The Kier molecular flexibility index (Phi) is 7.76. The number of piperazine rings is 1. The average molecular weight is 426 g/mol. The summed E-state index contributed by atoms with van der Waals surface area (Å²) in [6.45, 7) is 3.20. The predicted octanol–water partition coefficient (Wildman–Crippen LogP) is 2.52. The molecule has 0 aromatic heterocycles. The molecule has 3 amide bonds. The summed E-state index contributed by atoms with van der Waals surface area (Å²) < 4.78 is 13.1. The van der Waals surface area contributed by atoms with Crippen LogP contribution in [0.1, 0.15) is 30.9 Å². The minimum absolute atomic E-state index is 0.233. The number of carbonyl (C=O) groups excluding carboxylic acids is 3. The first kappa shape index (κ1) is 22.5. The number of benzene rings is 2. The van der Waals surface area contributed by atoms with Gasteiger partial charge in [-0.25, -0.2) is 4.39 Å². The molecule has 1 aliphatic heterocycles. The van der Waals surface area contributed by atoms with Crippen molar-refractivity contribution in [3.05, 3.63) is 71.5 Å². The van der Waals surface area contributed by atoms with Crippen molar-refractivity contribution in [2.75, 3.05) is 19.6 Å². The van der Waals surface area contributed by atoms with Gasteiger partial charge in [0.15, 0.2) is 0 Å². The molecule has 0 radical (unpaired) electrons. The molecular formula is C24H28FN3O3. The van der Waals surface area contributed by atoms with Crippen molar-refractivity contribution in [2.45, 2.75) is 38.8 Å². The molecule has 2 aromatic rings.